The minimum atomic E-state index is -0.510. The fourth-order valence-corrected chi connectivity index (χ4v) is 2.19. The molecule has 0 aliphatic heterocycles. The van der Waals surface area contributed by atoms with Crippen LogP contribution in [0.2, 0.25) is 0 Å². The number of carbonyl (C=O) groups excluding carboxylic acids is 1. The van der Waals surface area contributed by atoms with Gasteiger partial charge in [-0.1, -0.05) is 45.0 Å². The lowest BCUT2D eigenvalue weighted by Gasteiger charge is -2.19. The Hall–Kier alpha value is -2.47. The number of nitrogens with zero attached hydrogens (tertiary/aromatic N) is 2. The number of rotatable bonds is 6. The molecule has 2 aromatic rings. The van der Waals surface area contributed by atoms with Crippen LogP contribution in [0.15, 0.2) is 30.3 Å². The second-order valence-electron chi connectivity index (χ2n) is 6.81. The van der Waals surface area contributed by atoms with Crippen molar-refractivity contribution < 1.29 is 9.53 Å². The summed E-state index contributed by atoms with van der Waals surface area (Å²) < 4.78 is 5.04. The second-order valence-corrected chi connectivity index (χ2v) is 6.81. The molecule has 1 aromatic heterocycles. The molecular weight excluding hydrogens is 316 g/mol. The molecule has 0 unspecified atom stereocenters. The summed E-state index contributed by atoms with van der Waals surface area (Å²) in [5, 5.41) is 3.26. The Morgan fingerprint density at radius 3 is 2.36 bits per heavy atom. The summed E-state index contributed by atoms with van der Waals surface area (Å²) in [6.07, 6.45) is 0. The van der Waals surface area contributed by atoms with Gasteiger partial charge in [0.2, 0.25) is 5.82 Å². The smallest absolute Gasteiger partial charge is 0.376 e. The summed E-state index contributed by atoms with van der Waals surface area (Å²) >= 11 is 0. The molecule has 0 saturated heterocycles. The van der Waals surface area contributed by atoms with E-state index in [2.05, 4.69) is 15.3 Å². The number of hydrogen-bond acceptors (Lipinski definition) is 6. The van der Waals surface area contributed by atoms with Crippen molar-refractivity contribution in [2.75, 3.05) is 11.9 Å². The predicted molar refractivity (Wildman–Crippen MR) is 98.3 cm³/mol. The van der Waals surface area contributed by atoms with Gasteiger partial charge in [-0.2, -0.15) is 0 Å². The van der Waals surface area contributed by atoms with E-state index in [4.69, 9.17) is 10.5 Å². The van der Waals surface area contributed by atoms with Crippen LogP contribution in [0.25, 0.3) is 0 Å². The molecule has 134 valence electrons. The number of aromatic nitrogens is 2. The van der Waals surface area contributed by atoms with Crippen LogP contribution in [-0.2, 0) is 23.2 Å². The number of benzene rings is 1. The predicted octanol–water partition coefficient (Wildman–Crippen LogP) is 3.02. The van der Waals surface area contributed by atoms with Crippen LogP contribution in [-0.4, -0.2) is 22.5 Å². The summed E-state index contributed by atoms with van der Waals surface area (Å²) in [7, 11) is 0. The second kappa shape index (κ2) is 8.07. The zero-order valence-electron chi connectivity index (χ0n) is 15.3. The average Bonchev–Trinajstić information content (AvgIpc) is 2.59. The van der Waals surface area contributed by atoms with Gasteiger partial charge in [-0.05, 0) is 18.1 Å². The van der Waals surface area contributed by atoms with E-state index in [9.17, 15) is 4.79 Å². The lowest BCUT2D eigenvalue weighted by atomic mass is 9.92. The van der Waals surface area contributed by atoms with Crippen LogP contribution < -0.4 is 11.1 Å². The van der Waals surface area contributed by atoms with Gasteiger partial charge in [0, 0.05) is 24.6 Å². The summed E-state index contributed by atoms with van der Waals surface area (Å²) in [6.45, 7) is 9.29. The average molecular weight is 342 g/mol. The third-order valence-electron chi connectivity index (χ3n) is 3.68. The highest BCUT2D eigenvalue weighted by atomic mass is 16.5. The fourth-order valence-electron chi connectivity index (χ4n) is 2.19. The van der Waals surface area contributed by atoms with E-state index < -0.39 is 5.97 Å². The maximum absolute atomic E-state index is 12.0. The molecule has 1 heterocycles. The van der Waals surface area contributed by atoms with Gasteiger partial charge < -0.3 is 15.8 Å². The van der Waals surface area contributed by atoms with Crippen molar-refractivity contribution in [1.29, 1.82) is 0 Å². The molecule has 0 bridgehead atoms. The summed E-state index contributed by atoms with van der Waals surface area (Å²) in [6, 6.07) is 9.92. The molecule has 0 atom stereocenters. The van der Waals surface area contributed by atoms with E-state index >= 15 is 0 Å². The third-order valence-corrected chi connectivity index (χ3v) is 3.68. The van der Waals surface area contributed by atoms with Crippen molar-refractivity contribution >= 4 is 11.8 Å². The largest absolute Gasteiger partial charge is 0.460 e. The van der Waals surface area contributed by atoms with Gasteiger partial charge in [-0.3, -0.25) is 0 Å². The number of hydrogen-bond donors (Lipinski definition) is 2. The molecule has 6 heteroatoms. The van der Waals surface area contributed by atoms with Gasteiger partial charge in [0.05, 0.1) is 12.3 Å². The molecule has 6 nitrogen and oxygen atoms in total. The van der Waals surface area contributed by atoms with Crippen LogP contribution in [0, 0.1) is 0 Å². The maximum Gasteiger partial charge on any atom is 0.376 e. The number of nitrogens with two attached hydrogens (primary N) is 1. The van der Waals surface area contributed by atoms with E-state index in [0.29, 0.717) is 18.9 Å². The molecule has 1 aromatic carbocycles. The molecule has 0 aliphatic rings. The Balaban J connectivity index is 2.22. The van der Waals surface area contributed by atoms with Crippen molar-refractivity contribution in [3.63, 3.8) is 0 Å². The molecular formula is C19H26N4O2. The van der Waals surface area contributed by atoms with Gasteiger partial charge in [0.15, 0.2) is 0 Å². The number of anilines is 1. The number of esters is 1. The number of ether oxygens (including phenoxy) is 1. The monoisotopic (exact) mass is 342 g/mol. The highest BCUT2D eigenvalue weighted by Crippen LogP contribution is 2.23. The van der Waals surface area contributed by atoms with Crippen molar-refractivity contribution in [3.8, 4) is 0 Å². The van der Waals surface area contributed by atoms with E-state index in [1.54, 1.807) is 6.92 Å². The van der Waals surface area contributed by atoms with Crippen molar-refractivity contribution in [2.45, 2.75) is 46.2 Å². The molecule has 0 radical (unpaired) electrons. The topological polar surface area (TPSA) is 90.1 Å². The zero-order chi connectivity index (χ0) is 18.4. The lowest BCUT2D eigenvalue weighted by molar-refractivity contribution is 0.0511. The molecule has 0 aliphatic carbocycles. The van der Waals surface area contributed by atoms with Gasteiger partial charge >= 0.3 is 5.97 Å². The summed E-state index contributed by atoms with van der Waals surface area (Å²) in [5.41, 5.74) is 8.39. The maximum atomic E-state index is 12.0. The first-order valence-corrected chi connectivity index (χ1v) is 8.42. The molecule has 0 fully saturated rings. The fraction of sp³-hybridized carbons (Fsp3) is 0.421. The number of carbonyl (C=O) groups is 1. The summed E-state index contributed by atoms with van der Waals surface area (Å²) in [4.78, 5) is 20.7. The molecule has 25 heavy (non-hydrogen) atoms. The first kappa shape index (κ1) is 18.9. The minimum absolute atomic E-state index is 0.0789. The molecule has 0 saturated carbocycles. The standard InChI is InChI=1S/C19H26N4O2/c1-5-25-18(24)17-22-15(19(2,3)4)10-16(23-17)21-12-14-8-6-13(11-20)7-9-14/h6-10H,5,11-12,20H2,1-4H3,(H,21,22,23). The van der Waals surface area contributed by atoms with E-state index in [0.717, 1.165) is 16.8 Å². The number of nitrogens with one attached hydrogen (secondary N) is 1. The first-order chi connectivity index (χ1) is 11.8. The van der Waals surface area contributed by atoms with Crippen LogP contribution >= 0.6 is 0 Å². The highest BCUT2D eigenvalue weighted by Gasteiger charge is 2.21. The molecule has 0 spiro atoms. The molecule has 2 rings (SSSR count). The summed E-state index contributed by atoms with van der Waals surface area (Å²) in [5.74, 6) is 0.171. The van der Waals surface area contributed by atoms with E-state index in [1.807, 2.05) is 51.1 Å². The van der Waals surface area contributed by atoms with Gasteiger partial charge in [-0.15, -0.1) is 0 Å². The van der Waals surface area contributed by atoms with Gasteiger partial charge in [-0.25, -0.2) is 14.8 Å². The Morgan fingerprint density at radius 1 is 1.16 bits per heavy atom. The zero-order valence-corrected chi connectivity index (χ0v) is 15.3. The quantitative estimate of drug-likeness (QED) is 0.784. The van der Waals surface area contributed by atoms with Crippen LogP contribution in [0.1, 0.15) is 55.1 Å². The Labute approximate surface area is 148 Å². The molecule has 3 N–H and O–H groups in total. The minimum Gasteiger partial charge on any atom is -0.460 e. The van der Waals surface area contributed by atoms with Crippen LogP contribution in [0.5, 0.6) is 0 Å². The van der Waals surface area contributed by atoms with Crippen LogP contribution in [0.4, 0.5) is 5.82 Å². The Morgan fingerprint density at radius 2 is 1.80 bits per heavy atom. The SMILES string of the molecule is CCOC(=O)c1nc(NCc2ccc(CN)cc2)cc(C(C)(C)C)n1. The molecule has 0 amide bonds. The van der Waals surface area contributed by atoms with Crippen molar-refractivity contribution in [3.05, 3.63) is 53.0 Å². The normalized spacial score (nSPS) is 11.2. The first-order valence-electron chi connectivity index (χ1n) is 8.42. The lowest BCUT2D eigenvalue weighted by Crippen LogP contribution is -2.19. The van der Waals surface area contributed by atoms with Crippen molar-refractivity contribution in [2.24, 2.45) is 5.73 Å². The van der Waals surface area contributed by atoms with Gasteiger partial charge in [0.1, 0.15) is 5.82 Å². The Kier molecular flexibility index (Phi) is 6.09. The van der Waals surface area contributed by atoms with E-state index in [1.165, 1.54) is 0 Å². The third kappa shape index (κ3) is 5.26. The van der Waals surface area contributed by atoms with E-state index in [-0.39, 0.29) is 17.8 Å². The van der Waals surface area contributed by atoms with Gasteiger partial charge in [0.25, 0.3) is 0 Å². The van der Waals surface area contributed by atoms with Crippen molar-refractivity contribution in [1.82, 2.24) is 9.97 Å². The van der Waals surface area contributed by atoms with Crippen LogP contribution in [0.3, 0.4) is 0 Å². The Bertz CT molecular complexity index is 721. The highest BCUT2D eigenvalue weighted by molar-refractivity contribution is 5.85.